The Morgan fingerprint density at radius 3 is 2.41 bits per heavy atom. The Kier molecular flexibility index (Phi) is 7.25. The lowest BCUT2D eigenvalue weighted by Crippen LogP contribution is -2.58. The first kappa shape index (κ1) is 28.0. The highest BCUT2D eigenvalue weighted by atomic mass is 32.2. The van der Waals surface area contributed by atoms with Gasteiger partial charge in [0.05, 0.1) is 29.2 Å². The summed E-state index contributed by atoms with van der Waals surface area (Å²) in [6.45, 7) is 13.3. The van der Waals surface area contributed by atoms with Crippen molar-refractivity contribution in [2.45, 2.75) is 69.5 Å². The zero-order valence-corrected chi connectivity index (χ0v) is 24.7. The molecule has 7 nitrogen and oxygen atoms in total. The van der Waals surface area contributed by atoms with Crippen LogP contribution in [0, 0.1) is 31.6 Å². The Labute approximate surface area is 236 Å². The maximum absolute atomic E-state index is 14.7. The van der Waals surface area contributed by atoms with Gasteiger partial charge < -0.3 is 19.8 Å². The minimum Gasteiger partial charge on any atom is -0.394 e. The van der Waals surface area contributed by atoms with Crippen molar-refractivity contribution in [2.24, 2.45) is 17.8 Å². The predicted octanol–water partition coefficient (Wildman–Crippen LogP) is 3.72. The molecule has 1 spiro atoms. The first-order chi connectivity index (χ1) is 18.5. The van der Waals surface area contributed by atoms with Gasteiger partial charge in [0, 0.05) is 30.1 Å². The van der Waals surface area contributed by atoms with Crippen molar-refractivity contribution in [3.05, 3.63) is 53.6 Å². The van der Waals surface area contributed by atoms with Gasteiger partial charge in [0.15, 0.2) is 0 Å². The third kappa shape index (κ3) is 4.17. The molecule has 1 aromatic carbocycles. The monoisotopic (exact) mass is 551 g/mol. The number of benzene rings is 1. The molecule has 1 N–H and O–H groups in total. The van der Waals surface area contributed by atoms with E-state index in [0.29, 0.717) is 19.6 Å². The molecule has 39 heavy (non-hydrogen) atoms. The highest BCUT2D eigenvalue weighted by Crippen LogP contribution is 2.66. The maximum Gasteiger partial charge on any atom is 0.251 e. The molecule has 3 amide bonds. The number of amides is 3. The molecular weight excluding hydrogens is 510 g/mol. The zero-order chi connectivity index (χ0) is 28.3. The van der Waals surface area contributed by atoms with Crippen LogP contribution in [0.2, 0.25) is 0 Å². The molecule has 8 heteroatoms. The normalized spacial score (nSPS) is 32.9. The van der Waals surface area contributed by atoms with E-state index in [2.05, 4.69) is 6.08 Å². The molecule has 2 saturated heterocycles. The summed E-state index contributed by atoms with van der Waals surface area (Å²) in [5.41, 5.74) is 2.87. The summed E-state index contributed by atoms with van der Waals surface area (Å²) in [5.74, 6) is -1.73. The summed E-state index contributed by atoms with van der Waals surface area (Å²) >= 11 is 1.59. The van der Waals surface area contributed by atoms with Crippen molar-refractivity contribution in [3.63, 3.8) is 0 Å². The second kappa shape index (κ2) is 10.1. The van der Waals surface area contributed by atoms with Crippen LogP contribution in [0.1, 0.15) is 45.2 Å². The van der Waals surface area contributed by atoms with Crippen molar-refractivity contribution in [2.75, 3.05) is 31.1 Å². The average molecular weight is 552 g/mol. The molecule has 6 atom stereocenters. The quantitative estimate of drug-likeness (QED) is 0.545. The van der Waals surface area contributed by atoms with E-state index in [4.69, 9.17) is 0 Å². The van der Waals surface area contributed by atoms with Gasteiger partial charge >= 0.3 is 0 Å². The van der Waals surface area contributed by atoms with Crippen LogP contribution in [0.25, 0.3) is 0 Å². The van der Waals surface area contributed by atoms with Gasteiger partial charge in [-0.15, -0.1) is 11.8 Å². The number of hydrogen-bond donors (Lipinski definition) is 1. The molecule has 0 aromatic heterocycles. The molecule has 0 bridgehead atoms. The molecule has 4 aliphatic rings. The Morgan fingerprint density at radius 1 is 1.03 bits per heavy atom. The first-order valence-electron chi connectivity index (χ1n) is 14.2. The van der Waals surface area contributed by atoms with Gasteiger partial charge in [-0.25, -0.2) is 0 Å². The number of aryl methyl sites for hydroxylation is 2. The van der Waals surface area contributed by atoms with Crippen molar-refractivity contribution < 1.29 is 19.5 Å². The number of anilines is 1. The number of rotatable bonds is 6. The fraction of sp³-hybridized carbons (Fsp3) is 0.581. The highest BCUT2D eigenvalue weighted by Gasteiger charge is 2.74. The van der Waals surface area contributed by atoms with E-state index in [9.17, 15) is 19.5 Å². The maximum atomic E-state index is 14.7. The average Bonchev–Trinajstić information content (AvgIpc) is 3.15. The minimum absolute atomic E-state index is 0.0192. The molecule has 0 saturated carbocycles. The van der Waals surface area contributed by atoms with Gasteiger partial charge in [-0.2, -0.15) is 0 Å². The van der Waals surface area contributed by atoms with Gasteiger partial charge in [0.25, 0.3) is 5.91 Å². The summed E-state index contributed by atoms with van der Waals surface area (Å²) in [6.07, 6.45) is 9.03. The van der Waals surface area contributed by atoms with E-state index in [1.807, 2.05) is 82.9 Å². The van der Waals surface area contributed by atoms with E-state index >= 15 is 0 Å². The van der Waals surface area contributed by atoms with E-state index in [1.165, 1.54) is 0 Å². The topological polar surface area (TPSA) is 81.2 Å². The number of aliphatic hydroxyl groups is 1. The molecule has 0 aliphatic carbocycles. The van der Waals surface area contributed by atoms with Crippen molar-refractivity contribution in [3.8, 4) is 0 Å². The first-order valence-corrected chi connectivity index (χ1v) is 15.0. The summed E-state index contributed by atoms with van der Waals surface area (Å²) in [6, 6.07) is 4.70. The molecule has 2 fully saturated rings. The molecule has 0 radical (unpaired) electrons. The van der Waals surface area contributed by atoms with E-state index in [0.717, 1.165) is 23.2 Å². The van der Waals surface area contributed by atoms with Crippen molar-refractivity contribution in [1.82, 2.24) is 9.80 Å². The smallest absolute Gasteiger partial charge is 0.251 e. The summed E-state index contributed by atoms with van der Waals surface area (Å²) in [4.78, 5) is 48.8. The van der Waals surface area contributed by atoms with Gasteiger partial charge in [0.1, 0.15) is 6.04 Å². The molecule has 4 heterocycles. The van der Waals surface area contributed by atoms with Gasteiger partial charge in [-0.05, 0) is 50.3 Å². The van der Waals surface area contributed by atoms with Crippen molar-refractivity contribution in [1.29, 1.82) is 0 Å². The number of nitrogens with zero attached hydrogens (tertiary/aromatic N) is 3. The van der Waals surface area contributed by atoms with E-state index in [-0.39, 0.29) is 30.2 Å². The Bertz CT molecular complexity index is 1240. The number of fused-ring (bicyclic) bond motifs is 2. The molecule has 5 rings (SSSR count). The second-order valence-electron chi connectivity index (χ2n) is 12.1. The Balaban J connectivity index is 1.70. The lowest BCUT2D eigenvalue weighted by atomic mass is 9.74. The van der Waals surface area contributed by atoms with Gasteiger partial charge in [-0.1, -0.05) is 57.2 Å². The second-order valence-corrected chi connectivity index (χ2v) is 13.9. The zero-order valence-electron chi connectivity index (χ0n) is 23.9. The predicted molar refractivity (Wildman–Crippen MR) is 155 cm³/mol. The van der Waals surface area contributed by atoms with Crippen LogP contribution in [0.5, 0.6) is 0 Å². The molecule has 210 valence electrons. The largest absolute Gasteiger partial charge is 0.394 e. The van der Waals surface area contributed by atoms with Crippen LogP contribution in [0.3, 0.4) is 0 Å². The fourth-order valence-electron chi connectivity index (χ4n) is 7.19. The third-order valence-corrected chi connectivity index (χ3v) is 10.8. The number of likely N-dealkylation sites (tertiary alicyclic amines) is 1. The number of carbonyl (C=O) groups excluding carboxylic acids is 3. The molecule has 1 aromatic rings. The summed E-state index contributed by atoms with van der Waals surface area (Å²) < 4.78 is -1.55. The van der Waals surface area contributed by atoms with Crippen LogP contribution in [-0.2, 0) is 14.4 Å². The van der Waals surface area contributed by atoms with Crippen LogP contribution >= 0.6 is 11.8 Å². The summed E-state index contributed by atoms with van der Waals surface area (Å²) in [7, 11) is 0. The number of aliphatic hydroxyl groups excluding tert-OH is 1. The number of carbonyl (C=O) groups is 3. The Hall–Kier alpha value is -2.58. The highest BCUT2D eigenvalue weighted by molar-refractivity contribution is 8.02. The Morgan fingerprint density at radius 2 is 1.74 bits per heavy atom. The lowest BCUT2D eigenvalue weighted by Gasteiger charge is -2.41. The van der Waals surface area contributed by atoms with Crippen LogP contribution in [0.4, 0.5) is 5.69 Å². The van der Waals surface area contributed by atoms with E-state index in [1.54, 1.807) is 21.6 Å². The van der Waals surface area contributed by atoms with Crippen LogP contribution < -0.4 is 4.90 Å². The van der Waals surface area contributed by atoms with Crippen molar-refractivity contribution >= 4 is 35.2 Å². The number of hydrogen-bond acceptors (Lipinski definition) is 5. The van der Waals surface area contributed by atoms with Crippen LogP contribution in [0.15, 0.2) is 42.5 Å². The molecule has 1 unspecified atom stereocenters. The summed E-state index contributed by atoms with van der Waals surface area (Å²) in [5, 5.41) is 10.5. The number of thioether (sulfide) groups is 1. The molecular formula is C31H41N3O4S. The fourth-order valence-corrected chi connectivity index (χ4v) is 9.33. The van der Waals surface area contributed by atoms with Crippen LogP contribution in [-0.4, -0.2) is 80.4 Å². The minimum atomic E-state index is -0.919. The standard InChI is InChI=1S/C31H41N3O4S/c1-7-14-32-15-8-12-30(6)24(27(32)36)25-28(37)34(23(18-35)19(2)3)26-29(38)33(16-9-13-31(25,26)39-30)22-17-20(4)10-11-21(22)5/h8-13,17,19,23-26,35H,7,14-16,18H2,1-6H3/t23-,24-,25-,26?,30+,31-/m0/s1. The third-order valence-electron chi connectivity index (χ3n) is 9.04. The van der Waals surface area contributed by atoms with E-state index < -0.39 is 33.4 Å². The van der Waals surface area contributed by atoms with Gasteiger partial charge in [0.2, 0.25) is 11.8 Å². The van der Waals surface area contributed by atoms with Gasteiger partial charge in [-0.3, -0.25) is 14.4 Å². The SMILES string of the molecule is CCCN1CC=C[C@@]2(C)S[C@]34C=CCN(c5cc(C)ccc5C)C(=O)C3N([C@@H](CO)C(C)C)C(=O)[C@@H]4[C@H]2C1=O. The molecule has 4 aliphatic heterocycles. The lowest BCUT2D eigenvalue weighted by molar-refractivity contribution is -0.146.